The Morgan fingerprint density at radius 3 is 2.95 bits per heavy atom. The summed E-state index contributed by atoms with van der Waals surface area (Å²) in [6.07, 6.45) is 5.59. The third kappa shape index (κ3) is 4.31. The van der Waals surface area contributed by atoms with Crippen molar-refractivity contribution in [3.8, 4) is 0 Å². The summed E-state index contributed by atoms with van der Waals surface area (Å²) in [5.41, 5.74) is 0.486. The molecular weight excluding hydrogens is 264 g/mol. The van der Waals surface area contributed by atoms with Gasteiger partial charge in [0.2, 0.25) is 0 Å². The van der Waals surface area contributed by atoms with E-state index in [0.717, 1.165) is 25.6 Å². The SMILES string of the molecule is CCN(Cc1cccs1)CC1(CNC)CCCC(C)C1. The molecule has 0 amide bonds. The smallest absolute Gasteiger partial charge is 0.0328 e. The summed E-state index contributed by atoms with van der Waals surface area (Å²) in [5.74, 6) is 0.887. The van der Waals surface area contributed by atoms with Crippen LogP contribution >= 0.6 is 11.3 Å². The molecule has 1 saturated carbocycles. The highest BCUT2D eigenvalue weighted by molar-refractivity contribution is 7.09. The Balaban J connectivity index is 2.01. The Bertz CT molecular complexity index is 372. The van der Waals surface area contributed by atoms with Crippen LogP contribution in [-0.4, -0.2) is 31.6 Å². The van der Waals surface area contributed by atoms with E-state index >= 15 is 0 Å². The maximum Gasteiger partial charge on any atom is 0.0328 e. The highest BCUT2D eigenvalue weighted by atomic mass is 32.1. The summed E-state index contributed by atoms with van der Waals surface area (Å²) < 4.78 is 0. The van der Waals surface area contributed by atoms with Gasteiger partial charge in [-0.2, -0.15) is 0 Å². The van der Waals surface area contributed by atoms with Gasteiger partial charge in [-0.15, -0.1) is 11.3 Å². The van der Waals surface area contributed by atoms with Crippen molar-refractivity contribution in [3.05, 3.63) is 22.4 Å². The van der Waals surface area contributed by atoms with E-state index in [2.05, 4.69) is 48.6 Å². The van der Waals surface area contributed by atoms with Gasteiger partial charge in [0.25, 0.3) is 0 Å². The van der Waals surface area contributed by atoms with E-state index in [1.807, 2.05) is 11.3 Å². The molecule has 2 atom stereocenters. The minimum atomic E-state index is 0.486. The van der Waals surface area contributed by atoms with Crippen LogP contribution in [0.4, 0.5) is 0 Å². The Kier molecular flexibility index (Phi) is 6.06. The molecule has 2 rings (SSSR count). The Morgan fingerprint density at radius 1 is 1.50 bits per heavy atom. The van der Waals surface area contributed by atoms with Crippen LogP contribution in [0, 0.1) is 11.3 Å². The highest BCUT2D eigenvalue weighted by Gasteiger charge is 2.35. The molecule has 0 aliphatic heterocycles. The average Bonchev–Trinajstić information content (AvgIpc) is 2.91. The first-order valence-electron chi connectivity index (χ1n) is 8.07. The maximum absolute atomic E-state index is 3.46. The van der Waals surface area contributed by atoms with Gasteiger partial charge in [-0.3, -0.25) is 4.90 Å². The van der Waals surface area contributed by atoms with Crippen molar-refractivity contribution in [2.45, 2.75) is 46.1 Å². The van der Waals surface area contributed by atoms with Crippen molar-refractivity contribution < 1.29 is 0 Å². The second-order valence-electron chi connectivity index (χ2n) is 6.61. The largest absolute Gasteiger partial charge is 0.319 e. The molecule has 1 N–H and O–H groups in total. The lowest BCUT2D eigenvalue weighted by atomic mass is 9.69. The topological polar surface area (TPSA) is 15.3 Å². The molecule has 2 unspecified atom stereocenters. The molecule has 0 aromatic carbocycles. The molecule has 1 aliphatic rings. The standard InChI is InChI=1S/C17H30N2S/c1-4-19(12-16-8-6-10-20-16)14-17(13-18-3)9-5-7-15(2)11-17/h6,8,10,15,18H,4-5,7,9,11-14H2,1-3H3. The van der Waals surface area contributed by atoms with E-state index in [1.165, 1.54) is 37.1 Å². The van der Waals surface area contributed by atoms with Gasteiger partial charge in [0.1, 0.15) is 0 Å². The number of hydrogen-bond donors (Lipinski definition) is 1. The van der Waals surface area contributed by atoms with Gasteiger partial charge in [-0.1, -0.05) is 32.8 Å². The lowest BCUT2D eigenvalue weighted by Gasteiger charge is -2.43. The summed E-state index contributed by atoms with van der Waals surface area (Å²) in [6, 6.07) is 4.43. The first-order valence-corrected chi connectivity index (χ1v) is 8.95. The van der Waals surface area contributed by atoms with Crippen LogP contribution in [-0.2, 0) is 6.54 Å². The molecule has 0 radical (unpaired) electrons. The van der Waals surface area contributed by atoms with Crippen molar-refractivity contribution in [3.63, 3.8) is 0 Å². The third-order valence-electron chi connectivity index (χ3n) is 4.70. The molecule has 1 fully saturated rings. The minimum absolute atomic E-state index is 0.486. The summed E-state index contributed by atoms with van der Waals surface area (Å²) in [7, 11) is 2.11. The van der Waals surface area contributed by atoms with Crippen molar-refractivity contribution in [1.82, 2.24) is 10.2 Å². The third-order valence-corrected chi connectivity index (χ3v) is 5.56. The van der Waals surface area contributed by atoms with Crippen molar-refractivity contribution in [2.24, 2.45) is 11.3 Å². The molecule has 1 aliphatic carbocycles. The highest BCUT2D eigenvalue weighted by Crippen LogP contribution is 2.39. The van der Waals surface area contributed by atoms with Gasteiger partial charge in [-0.05, 0) is 49.2 Å². The van der Waals surface area contributed by atoms with Crippen LogP contribution in [0.5, 0.6) is 0 Å². The minimum Gasteiger partial charge on any atom is -0.319 e. The average molecular weight is 295 g/mol. The van der Waals surface area contributed by atoms with E-state index in [0.29, 0.717) is 5.41 Å². The van der Waals surface area contributed by atoms with E-state index in [-0.39, 0.29) is 0 Å². The molecule has 2 nitrogen and oxygen atoms in total. The zero-order chi connectivity index (χ0) is 14.4. The lowest BCUT2D eigenvalue weighted by Crippen LogP contribution is -2.45. The zero-order valence-electron chi connectivity index (χ0n) is 13.3. The number of nitrogens with zero attached hydrogens (tertiary/aromatic N) is 1. The quantitative estimate of drug-likeness (QED) is 0.818. The Morgan fingerprint density at radius 2 is 2.35 bits per heavy atom. The van der Waals surface area contributed by atoms with Crippen molar-refractivity contribution in [2.75, 3.05) is 26.7 Å². The van der Waals surface area contributed by atoms with Crippen LogP contribution in [0.15, 0.2) is 17.5 Å². The van der Waals surface area contributed by atoms with Gasteiger partial charge < -0.3 is 5.32 Å². The number of thiophene rings is 1. The van der Waals surface area contributed by atoms with Gasteiger partial charge in [0, 0.05) is 24.5 Å². The van der Waals surface area contributed by atoms with Crippen molar-refractivity contribution in [1.29, 1.82) is 0 Å². The predicted molar refractivity (Wildman–Crippen MR) is 89.3 cm³/mol. The molecule has 0 bridgehead atoms. The molecule has 0 spiro atoms. The van der Waals surface area contributed by atoms with E-state index in [1.54, 1.807) is 0 Å². The molecule has 1 aromatic heterocycles. The second-order valence-corrected chi connectivity index (χ2v) is 7.65. The molecule has 20 heavy (non-hydrogen) atoms. The van der Waals surface area contributed by atoms with Crippen LogP contribution < -0.4 is 5.32 Å². The zero-order valence-corrected chi connectivity index (χ0v) is 14.1. The monoisotopic (exact) mass is 294 g/mol. The van der Waals surface area contributed by atoms with Gasteiger partial charge in [-0.25, -0.2) is 0 Å². The molecule has 3 heteroatoms. The fourth-order valence-corrected chi connectivity index (χ4v) is 4.63. The summed E-state index contributed by atoms with van der Waals surface area (Å²) >= 11 is 1.88. The molecular formula is C17H30N2S. The number of rotatable bonds is 7. The van der Waals surface area contributed by atoms with E-state index in [4.69, 9.17) is 0 Å². The lowest BCUT2D eigenvalue weighted by molar-refractivity contribution is 0.0812. The van der Waals surface area contributed by atoms with Gasteiger partial charge in [0.15, 0.2) is 0 Å². The van der Waals surface area contributed by atoms with Crippen LogP contribution in [0.25, 0.3) is 0 Å². The van der Waals surface area contributed by atoms with Crippen LogP contribution in [0.1, 0.15) is 44.4 Å². The number of nitrogens with one attached hydrogen (secondary N) is 1. The Hall–Kier alpha value is -0.380. The summed E-state index contributed by atoms with van der Waals surface area (Å²) in [5, 5.41) is 5.65. The van der Waals surface area contributed by atoms with E-state index < -0.39 is 0 Å². The first-order chi connectivity index (χ1) is 9.67. The fraction of sp³-hybridized carbons (Fsp3) is 0.765. The normalized spacial score (nSPS) is 27.1. The van der Waals surface area contributed by atoms with Gasteiger partial charge in [0.05, 0.1) is 0 Å². The Labute approximate surface area is 128 Å². The molecule has 114 valence electrons. The molecule has 0 saturated heterocycles. The summed E-state index contributed by atoms with van der Waals surface area (Å²) in [4.78, 5) is 4.14. The second kappa shape index (κ2) is 7.58. The summed E-state index contributed by atoms with van der Waals surface area (Å²) in [6.45, 7) is 9.41. The van der Waals surface area contributed by atoms with E-state index in [9.17, 15) is 0 Å². The predicted octanol–water partition coefficient (Wildman–Crippen LogP) is 3.99. The van der Waals surface area contributed by atoms with Crippen molar-refractivity contribution >= 4 is 11.3 Å². The fourth-order valence-electron chi connectivity index (χ4n) is 3.88. The van der Waals surface area contributed by atoms with Gasteiger partial charge >= 0.3 is 0 Å². The van der Waals surface area contributed by atoms with Crippen LogP contribution in [0.3, 0.4) is 0 Å². The maximum atomic E-state index is 3.46. The molecule has 1 heterocycles. The first kappa shape index (κ1) is 16.0. The number of hydrogen-bond acceptors (Lipinski definition) is 3. The van der Waals surface area contributed by atoms with Crippen LogP contribution in [0.2, 0.25) is 0 Å². The molecule has 1 aromatic rings.